The number of nitrogens with zero attached hydrogens (tertiary/aromatic N) is 3. The van der Waals surface area contributed by atoms with Crippen LogP contribution < -0.4 is 15.4 Å². The summed E-state index contributed by atoms with van der Waals surface area (Å²) in [6, 6.07) is 11.3. The highest BCUT2D eigenvalue weighted by atomic mass is 35.5. The number of hydrogen-bond donors (Lipinski definition) is 1. The molecule has 3 aromatic rings. The van der Waals surface area contributed by atoms with Gasteiger partial charge in [-0.1, -0.05) is 28.9 Å². The largest absolute Gasteiger partial charge is 0.496 e. The van der Waals surface area contributed by atoms with E-state index in [9.17, 15) is 4.79 Å². The molecule has 0 atom stereocenters. The minimum atomic E-state index is -0.0911. The number of anilines is 2. The number of nitrogens with two attached hydrogens (primary N) is 1. The van der Waals surface area contributed by atoms with Crippen LogP contribution in [0, 0.1) is 13.8 Å². The van der Waals surface area contributed by atoms with Crippen LogP contribution in [0.15, 0.2) is 40.9 Å². The van der Waals surface area contributed by atoms with Crippen molar-refractivity contribution in [2.75, 3.05) is 43.9 Å². The lowest BCUT2D eigenvalue weighted by Crippen LogP contribution is -2.49. The first-order valence-corrected chi connectivity index (χ1v) is 10.5. The Balaban J connectivity index is 1.55. The van der Waals surface area contributed by atoms with Crippen molar-refractivity contribution in [2.24, 2.45) is 0 Å². The first kappa shape index (κ1) is 21.1. The molecule has 162 valence electrons. The molecular weight excluding hydrogens is 416 g/mol. The maximum absolute atomic E-state index is 13.4. The van der Waals surface area contributed by atoms with Gasteiger partial charge in [0.1, 0.15) is 22.8 Å². The zero-order valence-electron chi connectivity index (χ0n) is 17.8. The predicted octanol–water partition coefficient (Wildman–Crippen LogP) is 4.17. The van der Waals surface area contributed by atoms with E-state index in [1.54, 1.807) is 14.0 Å². The summed E-state index contributed by atoms with van der Waals surface area (Å²) < 4.78 is 10.9. The van der Waals surface area contributed by atoms with Gasteiger partial charge in [-0.15, -0.1) is 0 Å². The summed E-state index contributed by atoms with van der Waals surface area (Å²) in [6.45, 7) is 6.32. The molecule has 1 saturated heterocycles. The Bertz CT molecular complexity index is 1120. The van der Waals surface area contributed by atoms with Crippen LogP contribution in [-0.2, 0) is 0 Å². The second-order valence-corrected chi connectivity index (χ2v) is 8.01. The molecule has 0 unspecified atom stereocenters. The minimum absolute atomic E-state index is 0.0911. The van der Waals surface area contributed by atoms with Crippen LogP contribution in [0.25, 0.3) is 11.3 Å². The fraction of sp³-hybridized carbons (Fsp3) is 0.304. The maximum Gasteiger partial charge on any atom is 0.259 e. The van der Waals surface area contributed by atoms with Crippen LogP contribution in [0.4, 0.5) is 11.4 Å². The molecule has 2 aromatic carbocycles. The topological polar surface area (TPSA) is 84.8 Å². The van der Waals surface area contributed by atoms with Gasteiger partial charge in [0, 0.05) is 37.4 Å². The number of para-hydroxylation sites is 1. The third kappa shape index (κ3) is 3.93. The van der Waals surface area contributed by atoms with E-state index in [1.807, 2.05) is 48.2 Å². The van der Waals surface area contributed by atoms with E-state index in [0.717, 1.165) is 16.8 Å². The Morgan fingerprint density at radius 1 is 1.16 bits per heavy atom. The van der Waals surface area contributed by atoms with Crippen molar-refractivity contribution in [1.82, 2.24) is 10.1 Å². The van der Waals surface area contributed by atoms with Crippen LogP contribution in [0.1, 0.15) is 21.7 Å². The molecule has 1 amide bonds. The van der Waals surface area contributed by atoms with E-state index in [2.05, 4.69) is 10.1 Å². The third-order valence-electron chi connectivity index (χ3n) is 5.66. The standard InChI is InChI=1S/C23H25ClN4O3/c1-14-12-17(24)18(25)13-19(14)27-8-10-28(11-9-27)23(29)21-15(2)31-26-22(21)16-6-4-5-7-20(16)30-3/h4-7,12-13H,8-11,25H2,1-3H3. The van der Waals surface area contributed by atoms with Crippen molar-refractivity contribution < 1.29 is 14.1 Å². The molecule has 0 radical (unpaired) electrons. The SMILES string of the molecule is COc1ccccc1-c1noc(C)c1C(=O)N1CCN(c2cc(N)c(Cl)cc2C)CC1. The summed E-state index contributed by atoms with van der Waals surface area (Å²) in [5, 5.41) is 4.72. The lowest BCUT2D eigenvalue weighted by Gasteiger charge is -2.37. The highest BCUT2D eigenvalue weighted by molar-refractivity contribution is 6.33. The van der Waals surface area contributed by atoms with Crippen molar-refractivity contribution in [1.29, 1.82) is 0 Å². The van der Waals surface area contributed by atoms with Crippen LogP contribution in [0.3, 0.4) is 0 Å². The Morgan fingerprint density at radius 2 is 1.87 bits per heavy atom. The number of hydrogen-bond acceptors (Lipinski definition) is 6. The van der Waals surface area contributed by atoms with Gasteiger partial charge in [0.15, 0.2) is 0 Å². The highest BCUT2D eigenvalue weighted by Gasteiger charge is 2.30. The van der Waals surface area contributed by atoms with E-state index < -0.39 is 0 Å². The first-order chi connectivity index (χ1) is 14.9. The number of carbonyl (C=O) groups excluding carboxylic acids is 1. The molecule has 0 aliphatic carbocycles. The van der Waals surface area contributed by atoms with E-state index in [4.69, 9.17) is 26.6 Å². The number of nitrogen functional groups attached to an aromatic ring is 1. The highest BCUT2D eigenvalue weighted by Crippen LogP contribution is 2.34. The molecule has 0 bridgehead atoms. The number of aryl methyl sites for hydroxylation is 2. The summed E-state index contributed by atoms with van der Waals surface area (Å²) in [6.07, 6.45) is 0. The molecule has 0 spiro atoms. The van der Waals surface area contributed by atoms with Crippen molar-refractivity contribution in [3.8, 4) is 17.0 Å². The van der Waals surface area contributed by atoms with Crippen molar-refractivity contribution in [3.63, 3.8) is 0 Å². The van der Waals surface area contributed by atoms with Crippen molar-refractivity contribution in [3.05, 3.63) is 58.3 Å². The van der Waals surface area contributed by atoms with Crippen molar-refractivity contribution in [2.45, 2.75) is 13.8 Å². The number of methoxy groups -OCH3 is 1. The van der Waals surface area contributed by atoms with Crippen LogP contribution >= 0.6 is 11.6 Å². The normalized spacial score (nSPS) is 14.1. The molecule has 1 aromatic heterocycles. The van der Waals surface area contributed by atoms with Crippen LogP contribution in [0.5, 0.6) is 5.75 Å². The van der Waals surface area contributed by atoms with Gasteiger partial charge < -0.3 is 24.8 Å². The lowest BCUT2D eigenvalue weighted by molar-refractivity contribution is 0.0745. The smallest absolute Gasteiger partial charge is 0.259 e. The molecule has 0 saturated carbocycles. The first-order valence-electron chi connectivity index (χ1n) is 10.1. The van der Waals surface area contributed by atoms with Crippen LogP contribution in [0.2, 0.25) is 5.02 Å². The third-order valence-corrected chi connectivity index (χ3v) is 5.99. The second kappa shape index (κ2) is 8.51. The fourth-order valence-corrected chi connectivity index (χ4v) is 4.19. The molecule has 8 heteroatoms. The fourth-order valence-electron chi connectivity index (χ4n) is 3.97. The van der Waals surface area contributed by atoms with Gasteiger partial charge in [0.05, 0.1) is 17.8 Å². The quantitative estimate of drug-likeness (QED) is 0.613. The summed E-state index contributed by atoms with van der Waals surface area (Å²) >= 11 is 6.13. The van der Waals surface area contributed by atoms with E-state index >= 15 is 0 Å². The molecule has 1 fully saturated rings. The van der Waals surface area contributed by atoms with Gasteiger partial charge in [0.25, 0.3) is 5.91 Å². The number of carbonyl (C=O) groups is 1. The number of ether oxygens (including phenoxy) is 1. The Kier molecular flexibility index (Phi) is 5.78. The number of halogens is 1. The second-order valence-electron chi connectivity index (χ2n) is 7.60. The average molecular weight is 441 g/mol. The molecule has 1 aliphatic heterocycles. The zero-order chi connectivity index (χ0) is 22.1. The van der Waals surface area contributed by atoms with Crippen LogP contribution in [-0.4, -0.2) is 49.3 Å². The van der Waals surface area contributed by atoms with E-state index in [0.29, 0.717) is 59.7 Å². The number of benzene rings is 2. The summed E-state index contributed by atoms with van der Waals surface area (Å²) in [7, 11) is 1.60. The average Bonchev–Trinajstić information content (AvgIpc) is 3.17. The Hall–Kier alpha value is -3.19. The van der Waals surface area contributed by atoms with Gasteiger partial charge in [0.2, 0.25) is 0 Å². The Morgan fingerprint density at radius 3 is 2.58 bits per heavy atom. The molecular formula is C23H25ClN4O3. The molecule has 2 N–H and O–H groups in total. The lowest BCUT2D eigenvalue weighted by atomic mass is 10.0. The Labute approximate surface area is 186 Å². The molecule has 2 heterocycles. The van der Waals surface area contributed by atoms with Gasteiger partial charge in [-0.3, -0.25) is 4.79 Å². The van der Waals surface area contributed by atoms with Crippen molar-refractivity contribution >= 4 is 28.9 Å². The molecule has 31 heavy (non-hydrogen) atoms. The van der Waals surface area contributed by atoms with E-state index in [-0.39, 0.29) is 5.91 Å². The summed E-state index contributed by atoms with van der Waals surface area (Å²) in [5.41, 5.74) is 10.4. The maximum atomic E-state index is 13.4. The molecule has 4 rings (SSSR count). The monoisotopic (exact) mass is 440 g/mol. The zero-order valence-corrected chi connectivity index (χ0v) is 18.6. The number of aromatic nitrogens is 1. The minimum Gasteiger partial charge on any atom is -0.496 e. The summed E-state index contributed by atoms with van der Waals surface area (Å²) in [4.78, 5) is 17.5. The van der Waals surface area contributed by atoms with Gasteiger partial charge in [-0.2, -0.15) is 0 Å². The van der Waals surface area contributed by atoms with Gasteiger partial charge in [-0.05, 0) is 43.7 Å². The van der Waals surface area contributed by atoms with E-state index in [1.165, 1.54) is 0 Å². The molecule has 1 aliphatic rings. The summed E-state index contributed by atoms with van der Waals surface area (Å²) in [5.74, 6) is 1.05. The number of amides is 1. The molecule has 7 nitrogen and oxygen atoms in total. The van der Waals surface area contributed by atoms with Gasteiger partial charge in [-0.25, -0.2) is 0 Å². The number of piperazine rings is 1. The van der Waals surface area contributed by atoms with Gasteiger partial charge >= 0.3 is 0 Å². The predicted molar refractivity (Wildman–Crippen MR) is 122 cm³/mol. The number of rotatable bonds is 4.